The molecule has 1 aromatic carbocycles. The Hall–Kier alpha value is -2.23. The molecule has 17 heavy (non-hydrogen) atoms. The van der Waals surface area contributed by atoms with Gasteiger partial charge in [0.15, 0.2) is 18.2 Å². The number of aromatic nitrogens is 2. The van der Waals surface area contributed by atoms with Gasteiger partial charge in [-0.15, -0.1) is 0 Å². The van der Waals surface area contributed by atoms with Crippen molar-refractivity contribution in [2.24, 2.45) is 0 Å². The first kappa shape index (κ1) is 9.96. The maximum absolute atomic E-state index is 10.7. The maximum atomic E-state index is 10.7. The van der Waals surface area contributed by atoms with Crippen LogP contribution >= 0.6 is 0 Å². The van der Waals surface area contributed by atoms with Crippen molar-refractivity contribution in [1.82, 2.24) is 9.97 Å². The van der Waals surface area contributed by atoms with Crippen molar-refractivity contribution in [3.05, 3.63) is 53.6 Å². The smallest absolute Gasteiger partial charge is 0.170 e. The van der Waals surface area contributed by atoms with Crippen molar-refractivity contribution < 1.29 is 9.53 Å². The predicted octanol–water partition coefficient (Wildman–Crippen LogP) is 1.97. The summed E-state index contributed by atoms with van der Waals surface area (Å²) in [6.45, 7) is 0. The summed E-state index contributed by atoms with van der Waals surface area (Å²) >= 11 is 0. The third-order valence-electron chi connectivity index (χ3n) is 2.75. The monoisotopic (exact) mass is 226 g/mol. The van der Waals surface area contributed by atoms with Gasteiger partial charge in [-0.05, 0) is 17.7 Å². The number of rotatable bonds is 2. The van der Waals surface area contributed by atoms with Gasteiger partial charge >= 0.3 is 0 Å². The second-order valence-electron chi connectivity index (χ2n) is 3.88. The highest BCUT2D eigenvalue weighted by molar-refractivity contribution is 5.71. The molecule has 2 aromatic rings. The van der Waals surface area contributed by atoms with Crippen LogP contribution in [0.5, 0.6) is 5.75 Å². The Labute approximate surface area is 98.3 Å². The highest BCUT2D eigenvalue weighted by Gasteiger charge is 2.26. The average molecular weight is 226 g/mol. The van der Waals surface area contributed by atoms with Gasteiger partial charge in [0.2, 0.25) is 0 Å². The lowest BCUT2D eigenvalue weighted by molar-refractivity contribution is 0.111. The summed E-state index contributed by atoms with van der Waals surface area (Å²) in [5.41, 5.74) is 1.53. The van der Waals surface area contributed by atoms with Crippen LogP contribution in [0.2, 0.25) is 0 Å². The minimum absolute atomic E-state index is 0.188. The average Bonchev–Trinajstić information content (AvgIpc) is 2.82. The molecular weight excluding hydrogens is 216 g/mol. The minimum atomic E-state index is -0.188. The maximum Gasteiger partial charge on any atom is 0.170 e. The fourth-order valence-corrected chi connectivity index (χ4v) is 1.94. The summed E-state index contributed by atoms with van der Waals surface area (Å²) in [7, 11) is 0. The van der Waals surface area contributed by atoms with Crippen molar-refractivity contribution in [2.75, 3.05) is 0 Å². The molecule has 4 heteroatoms. The number of para-hydroxylation sites is 1. The molecule has 2 heterocycles. The van der Waals surface area contributed by atoms with E-state index in [9.17, 15) is 4.79 Å². The summed E-state index contributed by atoms with van der Waals surface area (Å²) in [6, 6.07) is 9.45. The molecule has 1 unspecified atom stereocenters. The Kier molecular flexibility index (Phi) is 2.33. The number of carbonyl (C=O) groups is 1. The highest BCUT2D eigenvalue weighted by atomic mass is 16.5. The number of hydrogen-bond acceptors (Lipinski definition) is 4. The molecule has 0 spiro atoms. The van der Waals surface area contributed by atoms with Gasteiger partial charge in [0, 0.05) is 12.6 Å². The van der Waals surface area contributed by atoms with Crippen LogP contribution < -0.4 is 4.74 Å². The van der Waals surface area contributed by atoms with Crippen LogP contribution in [-0.4, -0.2) is 16.3 Å². The number of nitrogens with zero attached hydrogens (tertiary/aromatic N) is 2. The Balaban J connectivity index is 1.91. The van der Waals surface area contributed by atoms with Gasteiger partial charge in [-0.25, -0.2) is 9.97 Å². The molecule has 0 fully saturated rings. The highest BCUT2D eigenvalue weighted by Crippen LogP contribution is 2.34. The van der Waals surface area contributed by atoms with Gasteiger partial charge in [-0.2, -0.15) is 0 Å². The van der Waals surface area contributed by atoms with Gasteiger partial charge in [0.25, 0.3) is 0 Å². The molecule has 4 nitrogen and oxygen atoms in total. The molecule has 0 radical (unpaired) electrons. The molecule has 1 aliphatic heterocycles. The normalized spacial score (nSPS) is 17.3. The SMILES string of the molecule is O=Cc1ccnc(C2Cc3ccccc3O2)n1. The Morgan fingerprint density at radius 2 is 2.18 bits per heavy atom. The zero-order valence-corrected chi connectivity index (χ0v) is 9.04. The van der Waals surface area contributed by atoms with Crippen LogP contribution in [0.4, 0.5) is 0 Å². The standard InChI is InChI=1S/C13H10N2O2/c16-8-10-5-6-14-13(15-10)12-7-9-3-1-2-4-11(9)17-12/h1-6,8,12H,7H2. The molecule has 0 saturated carbocycles. The summed E-state index contributed by atoms with van der Waals surface area (Å²) in [6.07, 6.45) is 2.86. The summed E-state index contributed by atoms with van der Waals surface area (Å²) < 4.78 is 5.75. The van der Waals surface area contributed by atoms with Crippen molar-refractivity contribution in [3.63, 3.8) is 0 Å². The van der Waals surface area contributed by atoms with E-state index in [1.54, 1.807) is 12.3 Å². The van der Waals surface area contributed by atoms with Crippen molar-refractivity contribution in [3.8, 4) is 5.75 Å². The number of fused-ring (bicyclic) bond motifs is 1. The predicted molar refractivity (Wildman–Crippen MR) is 60.9 cm³/mol. The fraction of sp³-hybridized carbons (Fsp3) is 0.154. The van der Waals surface area contributed by atoms with Crippen LogP contribution in [0.1, 0.15) is 28.0 Å². The van der Waals surface area contributed by atoms with Crippen LogP contribution in [0.15, 0.2) is 36.5 Å². The Bertz CT molecular complexity index is 544. The third-order valence-corrected chi connectivity index (χ3v) is 2.75. The van der Waals surface area contributed by atoms with Gasteiger partial charge in [0.05, 0.1) is 0 Å². The summed E-state index contributed by atoms with van der Waals surface area (Å²) in [4.78, 5) is 19.0. The fourth-order valence-electron chi connectivity index (χ4n) is 1.94. The molecule has 84 valence electrons. The number of aldehydes is 1. The van der Waals surface area contributed by atoms with E-state index in [0.29, 0.717) is 17.8 Å². The van der Waals surface area contributed by atoms with Gasteiger partial charge in [-0.3, -0.25) is 4.79 Å². The summed E-state index contributed by atoms with van der Waals surface area (Å²) in [5.74, 6) is 1.43. The molecule has 1 aliphatic rings. The van der Waals surface area contributed by atoms with E-state index in [4.69, 9.17) is 4.74 Å². The van der Waals surface area contributed by atoms with E-state index in [1.165, 1.54) is 0 Å². The van der Waals surface area contributed by atoms with Gasteiger partial charge in [-0.1, -0.05) is 18.2 Å². The molecule has 0 bridgehead atoms. The van der Waals surface area contributed by atoms with Crippen LogP contribution in [0.25, 0.3) is 0 Å². The molecule has 0 saturated heterocycles. The third kappa shape index (κ3) is 1.78. The van der Waals surface area contributed by atoms with E-state index in [1.807, 2.05) is 24.3 Å². The van der Waals surface area contributed by atoms with E-state index >= 15 is 0 Å². The Morgan fingerprint density at radius 3 is 3.00 bits per heavy atom. The van der Waals surface area contributed by atoms with E-state index < -0.39 is 0 Å². The lowest BCUT2D eigenvalue weighted by Gasteiger charge is -2.08. The van der Waals surface area contributed by atoms with Crippen molar-refractivity contribution in [2.45, 2.75) is 12.5 Å². The zero-order valence-electron chi connectivity index (χ0n) is 9.04. The Morgan fingerprint density at radius 1 is 1.29 bits per heavy atom. The number of hydrogen-bond donors (Lipinski definition) is 0. The first-order valence-corrected chi connectivity index (χ1v) is 5.39. The first-order valence-electron chi connectivity index (χ1n) is 5.39. The first-order chi connectivity index (χ1) is 8.36. The molecule has 3 rings (SSSR count). The molecule has 0 N–H and O–H groups in total. The summed E-state index contributed by atoms with van der Waals surface area (Å²) in [5, 5.41) is 0. The van der Waals surface area contributed by atoms with Gasteiger partial charge < -0.3 is 4.74 Å². The van der Waals surface area contributed by atoms with E-state index in [2.05, 4.69) is 9.97 Å². The van der Waals surface area contributed by atoms with Crippen LogP contribution in [-0.2, 0) is 6.42 Å². The second-order valence-corrected chi connectivity index (χ2v) is 3.88. The quantitative estimate of drug-likeness (QED) is 0.734. The van der Waals surface area contributed by atoms with Crippen LogP contribution in [0, 0.1) is 0 Å². The largest absolute Gasteiger partial charge is 0.482 e. The lowest BCUT2D eigenvalue weighted by Crippen LogP contribution is -2.09. The van der Waals surface area contributed by atoms with E-state index in [-0.39, 0.29) is 6.10 Å². The second kappa shape index (κ2) is 3.97. The minimum Gasteiger partial charge on any atom is -0.482 e. The molecule has 1 aromatic heterocycles. The van der Waals surface area contributed by atoms with Crippen molar-refractivity contribution >= 4 is 6.29 Å². The molecule has 0 amide bonds. The molecule has 1 atom stereocenters. The zero-order chi connectivity index (χ0) is 11.7. The number of ether oxygens (including phenoxy) is 1. The topological polar surface area (TPSA) is 52.1 Å². The number of benzene rings is 1. The number of carbonyl (C=O) groups excluding carboxylic acids is 1. The lowest BCUT2D eigenvalue weighted by atomic mass is 10.1. The molecule has 0 aliphatic carbocycles. The van der Waals surface area contributed by atoms with E-state index in [0.717, 1.165) is 17.7 Å². The molecular formula is C13H10N2O2. The van der Waals surface area contributed by atoms with Crippen LogP contribution in [0.3, 0.4) is 0 Å². The van der Waals surface area contributed by atoms with Crippen molar-refractivity contribution in [1.29, 1.82) is 0 Å². The van der Waals surface area contributed by atoms with Gasteiger partial charge in [0.1, 0.15) is 11.4 Å².